The number of likely N-dealkylation sites (N-methyl/N-ethyl adjacent to an activating group) is 1. The van der Waals surface area contributed by atoms with Gasteiger partial charge in [-0.1, -0.05) is 24.6 Å². The van der Waals surface area contributed by atoms with Crippen LogP contribution in [0.1, 0.15) is 12.5 Å². The van der Waals surface area contributed by atoms with Crippen LogP contribution in [-0.2, 0) is 0 Å². The van der Waals surface area contributed by atoms with Crippen LogP contribution < -0.4 is 10.2 Å². The minimum Gasteiger partial charge on any atom is -0.348 e. The van der Waals surface area contributed by atoms with Gasteiger partial charge < -0.3 is 15.1 Å². The van der Waals surface area contributed by atoms with Crippen LogP contribution in [0.2, 0.25) is 5.02 Å². The van der Waals surface area contributed by atoms with E-state index < -0.39 is 4.92 Å². The Morgan fingerprint density at radius 1 is 1.27 bits per heavy atom. The lowest BCUT2D eigenvalue weighted by molar-refractivity contribution is -0.383. The minimum atomic E-state index is -0.427. The van der Waals surface area contributed by atoms with Gasteiger partial charge in [0, 0.05) is 36.9 Å². The Morgan fingerprint density at radius 3 is 2.65 bits per heavy atom. The number of nitrogens with zero attached hydrogens (tertiary/aromatic N) is 5. The first-order valence-electron chi connectivity index (χ1n) is 8.49. The third kappa shape index (κ3) is 3.86. The van der Waals surface area contributed by atoms with Crippen molar-refractivity contribution in [3.63, 3.8) is 0 Å². The summed E-state index contributed by atoms with van der Waals surface area (Å²) in [6, 6.07) is 5.35. The molecular weight excluding hydrogens is 356 g/mol. The highest BCUT2D eigenvalue weighted by Gasteiger charge is 2.29. The Balaban J connectivity index is 1.94. The van der Waals surface area contributed by atoms with Gasteiger partial charge in [-0.2, -0.15) is 0 Å². The number of piperazine rings is 1. The van der Waals surface area contributed by atoms with Crippen LogP contribution in [0.3, 0.4) is 0 Å². The third-order valence-corrected chi connectivity index (χ3v) is 4.79. The molecule has 1 aromatic heterocycles. The first kappa shape index (κ1) is 18.3. The van der Waals surface area contributed by atoms with E-state index in [1.807, 2.05) is 17.9 Å². The zero-order chi connectivity index (χ0) is 18.7. The molecule has 1 saturated heterocycles. The van der Waals surface area contributed by atoms with Crippen molar-refractivity contribution in [2.45, 2.75) is 13.8 Å². The molecule has 1 N–H and O–H groups in total. The molecule has 1 fully saturated rings. The van der Waals surface area contributed by atoms with Gasteiger partial charge in [0.1, 0.15) is 6.33 Å². The van der Waals surface area contributed by atoms with Crippen molar-refractivity contribution in [1.29, 1.82) is 0 Å². The lowest BCUT2D eigenvalue weighted by atomic mass is 10.2. The molecule has 1 aliphatic rings. The zero-order valence-corrected chi connectivity index (χ0v) is 15.5. The molecule has 3 rings (SSSR count). The summed E-state index contributed by atoms with van der Waals surface area (Å²) in [4.78, 5) is 23.9. The van der Waals surface area contributed by atoms with Crippen LogP contribution in [-0.4, -0.2) is 52.5 Å². The van der Waals surface area contributed by atoms with Crippen LogP contribution in [0, 0.1) is 17.0 Å². The highest BCUT2D eigenvalue weighted by molar-refractivity contribution is 6.30. The molecule has 9 heteroatoms. The second kappa shape index (κ2) is 7.84. The smallest absolute Gasteiger partial charge is 0.348 e. The molecule has 0 aliphatic carbocycles. The van der Waals surface area contributed by atoms with Gasteiger partial charge in [0.2, 0.25) is 11.6 Å². The van der Waals surface area contributed by atoms with E-state index in [1.54, 1.807) is 12.1 Å². The Bertz CT molecular complexity index is 808. The third-order valence-electron chi connectivity index (χ3n) is 4.56. The number of rotatable bonds is 5. The summed E-state index contributed by atoms with van der Waals surface area (Å²) in [7, 11) is 0. The lowest BCUT2D eigenvalue weighted by Crippen LogP contribution is -2.46. The number of nitro groups is 1. The number of halogens is 1. The summed E-state index contributed by atoms with van der Waals surface area (Å²) in [6.07, 6.45) is 1.36. The van der Waals surface area contributed by atoms with E-state index in [0.29, 0.717) is 29.6 Å². The molecule has 0 unspecified atom stereocenters. The highest BCUT2D eigenvalue weighted by atomic mass is 35.5. The Morgan fingerprint density at radius 2 is 2.00 bits per heavy atom. The fourth-order valence-corrected chi connectivity index (χ4v) is 3.16. The van der Waals surface area contributed by atoms with Gasteiger partial charge in [-0.15, -0.1) is 0 Å². The van der Waals surface area contributed by atoms with E-state index in [4.69, 9.17) is 11.6 Å². The van der Waals surface area contributed by atoms with E-state index in [1.165, 1.54) is 6.33 Å². The van der Waals surface area contributed by atoms with Crippen LogP contribution in [0.15, 0.2) is 24.5 Å². The molecule has 0 atom stereocenters. The van der Waals surface area contributed by atoms with Crippen LogP contribution in [0.4, 0.5) is 23.0 Å². The maximum Gasteiger partial charge on any atom is 0.353 e. The largest absolute Gasteiger partial charge is 0.353 e. The predicted octanol–water partition coefficient (Wildman–Crippen LogP) is 3.23. The van der Waals surface area contributed by atoms with Crippen molar-refractivity contribution >= 4 is 34.6 Å². The summed E-state index contributed by atoms with van der Waals surface area (Å²) in [5.74, 6) is 0.520. The summed E-state index contributed by atoms with van der Waals surface area (Å²) < 4.78 is 0. The first-order chi connectivity index (χ1) is 12.5. The summed E-state index contributed by atoms with van der Waals surface area (Å²) in [5.41, 5.74) is 1.48. The van der Waals surface area contributed by atoms with Gasteiger partial charge in [0.05, 0.1) is 4.92 Å². The van der Waals surface area contributed by atoms with Crippen molar-refractivity contribution in [2.24, 2.45) is 0 Å². The second-order valence-corrected chi connectivity index (χ2v) is 6.59. The van der Waals surface area contributed by atoms with Gasteiger partial charge in [-0.25, -0.2) is 9.97 Å². The van der Waals surface area contributed by atoms with Crippen molar-refractivity contribution < 1.29 is 4.92 Å². The lowest BCUT2D eigenvalue weighted by Gasteiger charge is -2.34. The number of nitrogens with one attached hydrogen (secondary N) is 1. The number of aromatic nitrogens is 2. The molecular formula is C17H21ClN6O2. The van der Waals surface area contributed by atoms with E-state index in [2.05, 4.69) is 27.1 Å². The van der Waals surface area contributed by atoms with Gasteiger partial charge >= 0.3 is 5.69 Å². The SMILES string of the molecule is CCN1CCN(c2ncnc(Nc3cc(Cl)ccc3C)c2[N+](=O)[O-])CC1. The van der Waals surface area contributed by atoms with Crippen molar-refractivity contribution in [3.05, 3.63) is 45.2 Å². The molecule has 0 saturated carbocycles. The van der Waals surface area contributed by atoms with Gasteiger partial charge in [0.25, 0.3) is 0 Å². The fraction of sp³-hybridized carbons (Fsp3) is 0.412. The summed E-state index contributed by atoms with van der Waals surface area (Å²) >= 11 is 6.05. The standard InChI is InChI=1S/C17H21ClN6O2/c1-3-22-6-8-23(9-7-22)17-15(24(25)26)16(19-11-20-17)21-14-10-13(18)5-4-12(14)2/h4-5,10-11H,3,6-9H2,1-2H3,(H,19,20,21). The Hall–Kier alpha value is -2.45. The molecule has 138 valence electrons. The van der Waals surface area contributed by atoms with Crippen molar-refractivity contribution in [1.82, 2.24) is 14.9 Å². The van der Waals surface area contributed by atoms with E-state index in [-0.39, 0.29) is 11.5 Å². The minimum absolute atomic E-state index is 0.114. The molecule has 8 nitrogen and oxygen atoms in total. The maximum absolute atomic E-state index is 11.8. The molecule has 0 amide bonds. The summed E-state index contributed by atoms with van der Waals surface area (Å²) in [6.45, 7) is 8.08. The van der Waals surface area contributed by atoms with Gasteiger partial charge in [-0.3, -0.25) is 10.1 Å². The number of aryl methyl sites for hydroxylation is 1. The first-order valence-corrected chi connectivity index (χ1v) is 8.87. The van der Waals surface area contributed by atoms with Crippen LogP contribution in [0.25, 0.3) is 0 Å². The zero-order valence-electron chi connectivity index (χ0n) is 14.8. The molecule has 1 aromatic carbocycles. The Kier molecular flexibility index (Phi) is 5.53. The average Bonchev–Trinajstić information content (AvgIpc) is 2.64. The van der Waals surface area contributed by atoms with E-state index >= 15 is 0 Å². The molecule has 2 heterocycles. The van der Waals surface area contributed by atoms with Crippen molar-refractivity contribution in [3.8, 4) is 0 Å². The fourth-order valence-electron chi connectivity index (χ4n) is 2.99. The van der Waals surface area contributed by atoms with Gasteiger partial charge in [0.15, 0.2) is 0 Å². The second-order valence-electron chi connectivity index (χ2n) is 6.16. The number of hydrogen-bond donors (Lipinski definition) is 1. The molecule has 0 bridgehead atoms. The molecule has 1 aliphatic heterocycles. The topological polar surface area (TPSA) is 87.4 Å². The van der Waals surface area contributed by atoms with Gasteiger partial charge in [-0.05, 0) is 31.2 Å². The quantitative estimate of drug-likeness (QED) is 0.633. The monoisotopic (exact) mass is 376 g/mol. The van der Waals surface area contributed by atoms with E-state index in [9.17, 15) is 10.1 Å². The molecule has 0 radical (unpaired) electrons. The van der Waals surface area contributed by atoms with Crippen LogP contribution in [0.5, 0.6) is 0 Å². The predicted molar refractivity (Wildman–Crippen MR) is 102 cm³/mol. The number of hydrogen-bond acceptors (Lipinski definition) is 7. The maximum atomic E-state index is 11.8. The highest BCUT2D eigenvalue weighted by Crippen LogP contribution is 2.35. The normalized spacial score (nSPS) is 15.1. The summed E-state index contributed by atoms with van der Waals surface area (Å²) in [5, 5.41) is 15.4. The number of benzene rings is 1. The Labute approximate surface area is 157 Å². The number of anilines is 3. The van der Waals surface area contributed by atoms with Crippen molar-refractivity contribution in [2.75, 3.05) is 42.9 Å². The van der Waals surface area contributed by atoms with Crippen LogP contribution >= 0.6 is 11.6 Å². The molecule has 26 heavy (non-hydrogen) atoms. The average molecular weight is 377 g/mol. The molecule has 0 spiro atoms. The molecule has 2 aromatic rings. The van der Waals surface area contributed by atoms with E-state index in [0.717, 1.165) is 25.2 Å².